The Labute approximate surface area is 73.1 Å². The summed E-state index contributed by atoms with van der Waals surface area (Å²) in [7, 11) is 0. The van der Waals surface area contributed by atoms with E-state index in [4.69, 9.17) is 0 Å². The molecule has 1 aromatic rings. The molecule has 0 unspecified atom stereocenters. The maximum atomic E-state index is 3.88. The third-order valence-electron chi connectivity index (χ3n) is 1.72. The lowest BCUT2D eigenvalue weighted by molar-refractivity contribution is -0.255. The Kier molecular flexibility index (Phi) is 6.09. The number of rotatable bonds is 0. The maximum Gasteiger partial charge on any atom is 0.131 e. The van der Waals surface area contributed by atoms with E-state index in [1.165, 1.54) is 11.1 Å². The second kappa shape index (κ2) is 5.13. The van der Waals surface area contributed by atoms with E-state index in [1.807, 2.05) is 12.1 Å². The largest absolute Gasteiger partial charge is 1.00 e. The zero-order valence-corrected chi connectivity index (χ0v) is 7.57. The van der Waals surface area contributed by atoms with Crippen LogP contribution < -0.4 is 18.1 Å². The van der Waals surface area contributed by atoms with Crippen molar-refractivity contribution in [2.24, 2.45) is 0 Å². The van der Waals surface area contributed by atoms with Gasteiger partial charge >= 0.3 is 0 Å². The summed E-state index contributed by atoms with van der Waals surface area (Å²) in [6.45, 7) is 4.20. The molecule has 1 aromatic carbocycles. The third-order valence-corrected chi connectivity index (χ3v) is 1.72. The molecular weight excluding hydrogens is 162 g/mol. The van der Waals surface area contributed by atoms with Gasteiger partial charge in [-0.3, -0.25) is 0 Å². The van der Waals surface area contributed by atoms with Crippen LogP contribution in [-0.4, -0.2) is 5.48 Å². The van der Waals surface area contributed by atoms with Gasteiger partial charge in [0, 0.05) is 5.56 Å². The number of halogens is 1. The van der Waals surface area contributed by atoms with Crippen molar-refractivity contribution >= 4 is 5.69 Å². The molecular formula is C8H14ClNO. The highest BCUT2D eigenvalue weighted by molar-refractivity contribution is 5.42. The summed E-state index contributed by atoms with van der Waals surface area (Å²) in [6, 6.07) is 6.16. The first-order valence-corrected chi connectivity index (χ1v) is 3.10. The van der Waals surface area contributed by atoms with Crippen LogP contribution in [0.2, 0.25) is 0 Å². The first-order valence-electron chi connectivity index (χ1n) is 3.10. The van der Waals surface area contributed by atoms with Gasteiger partial charge in [0.25, 0.3) is 0 Å². The van der Waals surface area contributed by atoms with Crippen molar-refractivity contribution in [3.8, 4) is 0 Å². The molecule has 0 saturated heterocycles. The van der Waals surface area contributed by atoms with Crippen LogP contribution in [0.15, 0.2) is 18.2 Å². The van der Waals surface area contributed by atoms with Crippen LogP contribution >= 0.6 is 0 Å². The molecule has 0 aliphatic heterocycles. The molecule has 0 aliphatic rings. The van der Waals surface area contributed by atoms with Gasteiger partial charge in [-0.2, -0.15) is 0 Å². The molecule has 0 aromatic heterocycles. The van der Waals surface area contributed by atoms with Crippen LogP contribution in [0.3, 0.4) is 0 Å². The summed E-state index contributed by atoms with van der Waals surface area (Å²) >= 11 is 0. The van der Waals surface area contributed by atoms with Gasteiger partial charge < -0.3 is 23.6 Å². The highest BCUT2D eigenvalue weighted by Gasteiger charge is 1.96. The molecule has 0 atom stereocenters. The van der Waals surface area contributed by atoms with Crippen LogP contribution in [0.25, 0.3) is 0 Å². The quantitative estimate of drug-likeness (QED) is 0.448. The smallest absolute Gasteiger partial charge is 0.131 e. The van der Waals surface area contributed by atoms with Gasteiger partial charge in [-0.15, -0.1) is 0 Å². The summed E-state index contributed by atoms with van der Waals surface area (Å²) < 4.78 is 0. The van der Waals surface area contributed by atoms with Crippen LogP contribution in [0, 0.1) is 13.8 Å². The van der Waals surface area contributed by atoms with Crippen molar-refractivity contribution < 1.29 is 23.6 Å². The van der Waals surface area contributed by atoms with Gasteiger partial charge in [0.05, 0.1) is 0 Å². The van der Waals surface area contributed by atoms with Gasteiger partial charge in [-0.1, -0.05) is 12.1 Å². The molecule has 0 fully saturated rings. The zero-order valence-electron chi connectivity index (χ0n) is 6.82. The summed E-state index contributed by atoms with van der Waals surface area (Å²) in [4.78, 5) is 0. The fourth-order valence-corrected chi connectivity index (χ4v) is 0.812. The normalized spacial score (nSPS) is 7.91. The van der Waals surface area contributed by atoms with Crippen molar-refractivity contribution in [3.63, 3.8) is 0 Å². The Bertz CT molecular complexity index is 205. The summed E-state index contributed by atoms with van der Waals surface area (Å²) in [6.07, 6.45) is 0. The minimum atomic E-state index is 0. The lowest BCUT2D eigenvalue weighted by atomic mass is 10.1. The molecule has 5 N–H and O–H groups in total. The minimum absolute atomic E-state index is 0. The SMILES string of the molecule is Cc1cccc([NH3+])c1C.O.[Cl-]. The van der Waals surface area contributed by atoms with Gasteiger partial charge in [-0.25, -0.2) is 0 Å². The van der Waals surface area contributed by atoms with Crippen LogP contribution in [0.1, 0.15) is 11.1 Å². The predicted molar refractivity (Wildman–Crippen MR) is 42.1 cm³/mol. The molecule has 0 bridgehead atoms. The molecule has 1 rings (SSSR count). The fraction of sp³-hybridized carbons (Fsp3) is 0.250. The molecule has 3 heteroatoms. The van der Waals surface area contributed by atoms with Gasteiger partial charge in [0.15, 0.2) is 0 Å². The molecule has 0 radical (unpaired) electrons. The second-order valence-electron chi connectivity index (χ2n) is 2.36. The molecule has 0 amide bonds. The van der Waals surface area contributed by atoms with Crippen molar-refractivity contribution in [2.45, 2.75) is 13.8 Å². The van der Waals surface area contributed by atoms with Crippen molar-refractivity contribution in [1.29, 1.82) is 0 Å². The van der Waals surface area contributed by atoms with Crippen molar-refractivity contribution in [1.82, 2.24) is 0 Å². The average Bonchev–Trinajstić information content (AvgIpc) is 1.83. The lowest BCUT2D eigenvalue weighted by Crippen LogP contribution is -3.00. The Balaban J connectivity index is 0. The van der Waals surface area contributed by atoms with E-state index >= 15 is 0 Å². The van der Waals surface area contributed by atoms with Gasteiger partial charge in [0.1, 0.15) is 5.69 Å². The van der Waals surface area contributed by atoms with Gasteiger partial charge in [-0.05, 0) is 25.5 Å². The Morgan fingerprint density at radius 1 is 1.18 bits per heavy atom. The molecule has 11 heavy (non-hydrogen) atoms. The Morgan fingerprint density at radius 2 is 1.73 bits per heavy atom. The number of quaternary nitrogens is 1. The monoisotopic (exact) mass is 175 g/mol. The van der Waals surface area contributed by atoms with E-state index in [-0.39, 0.29) is 17.9 Å². The second-order valence-corrected chi connectivity index (χ2v) is 2.36. The molecule has 64 valence electrons. The first kappa shape index (κ1) is 13.1. The lowest BCUT2D eigenvalue weighted by Gasteiger charge is -1.97. The van der Waals surface area contributed by atoms with Crippen LogP contribution in [0.5, 0.6) is 0 Å². The molecule has 0 spiro atoms. The van der Waals surface area contributed by atoms with E-state index < -0.39 is 0 Å². The van der Waals surface area contributed by atoms with E-state index in [1.54, 1.807) is 0 Å². The highest BCUT2D eigenvalue weighted by Crippen LogP contribution is 2.11. The zero-order chi connectivity index (χ0) is 6.85. The molecule has 0 aliphatic carbocycles. The van der Waals surface area contributed by atoms with E-state index in [0.29, 0.717) is 0 Å². The third kappa shape index (κ3) is 2.89. The number of hydrogen-bond acceptors (Lipinski definition) is 0. The van der Waals surface area contributed by atoms with Crippen LogP contribution in [-0.2, 0) is 0 Å². The maximum absolute atomic E-state index is 3.88. The summed E-state index contributed by atoms with van der Waals surface area (Å²) in [5, 5.41) is 0. The molecule has 0 heterocycles. The summed E-state index contributed by atoms with van der Waals surface area (Å²) in [5.74, 6) is 0. The minimum Gasteiger partial charge on any atom is -1.00 e. The van der Waals surface area contributed by atoms with Crippen molar-refractivity contribution in [3.05, 3.63) is 29.3 Å². The first-order chi connectivity index (χ1) is 4.22. The number of aryl methyl sites for hydroxylation is 1. The standard InChI is InChI=1S/C8H11N.ClH.H2O/c1-6-4-3-5-8(9)7(6)2;;/h3-5H,9H2,1-2H3;1H;1H2. The molecule has 0 saturated carbocycles. The average molecular weight is 176 g/mol. The van der Waals surface area contributed by atoms with Gasteiger partial charge in [0.2, 0.25) is 0 Å². The molecule has 2 nitrogen and oxygen atoms in total. The fourth-order valence-electron chi connectivity index (χ4n) is 0.812. The van der Waals surface area contributed by atoms with E-state index in [2.05, 4.69) is 25.6 Å². The predicted octanol–water partition coefficient (Wildman–Crippen LogP) is -2.64. The van der Waals surface area contributed by atoms with Crippen LogP contribution in [0.4, 0.5) is 5.69 Å². The summed E-state index contributed by atoms with van der Waals surface area (Å²) in [5.41, 5.74) is 7.64. The topological polar surface area (TPSA) is 59.1 Å². The number of hydrogen-bond donors (Lipinski definition) is 1. The van der Waals surface area contributed by atoms with E-state index in [0.717, 1.165) is 5.69 Å². The highest BCUT2D eigenvalue weighted by atomic mass is 35.5. The number of benzene rings is 1. The van der Waals surface area contributed by atoms with Crippen molar-refractivity contribution in [2.75, 3.05) is 0 Å². The Morgan fingerprint density at radius 3 is 2.09 bits per heavy atom. The van der Waals surface area contributed by atoms with E-state index in [9.17, 15) is 0 Å². The Hall–Kier alpha value is -0.570.